The Morgan fingerprint density at radius 3 is 1.07 bits per heavy atom. The molecule has 0 N–H and O–H groups in total. The van der Waals surface area contributed by atoms with Crippen LogP contribution in [0.4, 0.5) is 61.5 Å². The Morgan fingerprint density at radius 2 is 0.800 bits per heavy atom. The average molecular weight is 793 g/mol. The van der Waals surface area contributed by atoms with E-state index in [1.54, 1.807) is 0 Å². The molecule has 4 rings (SSSR count). The van der Waals surface area contributed by atoms with Crippen molar-refractivity contribution in [3.8, 4) is 57.4 Å². The zero-order valence-electron chi connectivity index (χ0n) is 28.3. The van der Waals surface area contributed by atoms with Gasteiger partial charge in [0, 0.05) is 36.1 Å². The molecule has 0 saturated carbocycles. The van der Waals surface area contributed by atoms with Crippen molar-refractivity contribution in [3.05, 3.63) is 106 Å². The van der Waals surface area contributed by atoms with Crippen molar-refractivity contribution in [2.24, 2.45) is 5.92 Å². The molecule has 0 bridgehead atoms. The molecule has 0 aliphatic carbocycles. The van der Waals surface area contributed by atoms with Crippen LogP contribution in [0.15, 0.2) is 48.5 Å². The van der Waals surface area contributed by atoms with Crippen LogP contribution < -0.4 is 9.47 Å². The fourth-order valence-electron chi connectivity index (χ4n) is 5.44. The Labute approximate surface area is 305 Å². The molecule has 0 atom stereocenters. The zero-order valence-corrected chi connectivity index (χ0v) is 28.3. The van der Waals surface area contributed by atoms with Crippen molar-refractivity contribution in [1.82, 2.24) is 0 Å². The standard InChI is InChI=1S/C39H26F14O2/c1-2-21(5-3-11-54-24-17-32(44)36(33(45)18-24)22-13-28(40)26(29(41)14-22)7-9-38(48,49)50)6-4-12-55-25-19-34(46)37(35(47)20-25)23-15-30(42)27(31(43)16-23)8-10-39(51,52)53/h13-21H,2-6,11-12H2,1H3. The van der Waals surface area contributed by atoms with Crippen LogP contribution >= 0.6 is 0 Å². The van der Waals surface area contributed by atoms with Gasteiger partial charge in [-0.25, -0.2) is 35.1 Å². The monoisotopic (exact) mass is 792 g/mol. The Hall–Kier alpha value is -5.38. The molecule has 0 aliphatic heterocycles. The Kier molecular flexibility index (Phi) is 13.7. The molecule has 0 aromatic heterocycles. The van der Waals surface area contributed by atoms with E-state index in [4.69, 9.17) is 9.47 Å². The minimum Gasteiger partial charge on any atom is -0.493 e. The summed E-state index contributed by atoms with van der Waals surface area (Å²) in [6.45, 7) is 1.94. The normalized spacial score (nSPS) is 11.6. The third-order valence-electron chi connectivity index (χ3n) is 7.98. The first kappa shape index (κ1) is 42.4. The number of ether oxygens (including phenoxy) is 2. The van der Waals surface area contributed by atoms with Crippen LogP contribution in [0, 0.1) is 76.1 Å². The highest BCUT2D eigenvalue weighted by Gasteiger charge is 2.26. The van der Waals surface area contributed by atoms with Gasteiger partial charge in [0.05, 0.1) is 35.5 Å². The highest BCUT2D eigenvalue weighted by atomic mass is 19.4. The minimum absolute atomic E-state index is 0.0173. The second-order valence-electron chi connectivity index (χ2n) is 11.9. The molecule has 2 nitrogen and oxygen atoms in total. The van der Waals surface area contributed by atoms with Crippen LogP contribution in [-0.4, -0.2) is 25.6 Å². The second-order valence-corrected chi connectivity index (χ2v) is 11.9. The smallest absolute Gasteiger partial charge is 0.458 e. The summed E-state index contributed by atoms with van der Waals surface area (Å²) in [5.74, 6) is -7.50. The number of benzene rings is 4. The molecular formula is C39H26F14O2. The molecule has 0 heterocycles. The second kappa shape index (κ2) is 17.8. The van der Waals surface area contributed by atoms with Gasteiger partial charge in [-0.05, 0) is 67.0 Å². The Morgan fingerprint density at radius 1 is 0.491 bits per heavy atom. The number of rotatable bonds is 13. The van der Waals surface area contributed by atoms with E-state index in [1.807, 2.05) is 6.92 Å². The fourth-order valence-corrected chi connectivity index (χ4v) is 5.44. The maximum absolute atomic E-state index is 14.8. The SMILES string of the molecule is CCC(CCCOc1cc(F)c(-c2cc(F)c(C#CC(F)(F)F)c(F)c2)c(F)c1)CCCOc1cc(F)c(-c2cc(F)c(C#CC(F)(F)F)c(F)c2)c(F)c1. The third kappa shape index (κ3) is 11.8. The lowest BCUT2D eigenvalue weighted by Gasteiger charge is -2.16. The molecule has 55 heavy (non-hydrogen) atoms. The van der Waals surface area contributed by atoms with Gasteiger partial charge in [-0.2, -0.15) is 26.3 Å². The van der Waals surface area contributed by atoms with Crippen LogP contribution in [0.2, 0.25) is 0 Å². The molecule has 0 amide bonds. The van der Waals surface area contributed by atoms with Crippen molar-refractivity contribution in [1.29, 1.82) is 0 Å². The van der Waals surface area contributed by atoms with Gasteiger partial charge in [0.15, 0.2) is 0 Å². The summed E-state index contributed by atoms with van der Waals surface area (Å²) in [5, 5.41) is 0. The molecule has 4 aromatic carbocycles. The largest absolute Gasteiger partial charge is 0.493 e. The van der Waals surface area contributed by atoms with E-state index in [0.717, 1.165) is 36.1 Å². The minimum atomic E-state index is -5.02. The predicted octanol–water partition coefficient (Wildman–Crippen LogP) is 12.0. The Bertz CT molecular complexity index is 1910. The van der Waals surface area contributed by atoms with Crippen LogP contribution in [0.5, 0.6) is 11.5 Å². The summed E-state index contributed by atoms with van der Waals surface area (Å²) in [6.07, 6.45) is -7.31. The molecule has 0 saturated heterocycles. The van der Waals surface area contributed by atoms with Crippen LogP contribution in [-0.2, 0) is 0 Å². The topological polar surface area (TPSA) is 18.5 Å². The quantitative estimate of drug-likeness (QED) is 0.0763. The van der Waals surface area contributed by atoms with E-state index in [9.17, 15) is 61.5 Å². The van der Waals surface area contributed by atoms with Gasteiger partial charge in [0.25, 0.3) is 0 Å². The summed E-state index contributed by atoms with van der Waals surface area (Å²) >= 11 is 0. The lowest BCUT2D eigenvalue weighted by Crippen LogP contribution is -2.07. The lowest BCUT2D eigenvalue weighted by atomic mass is 9.95. The molecule has 0 aliphatic rings. The average Bonchev–Trinajstić information content (AvgIpc) is 3.05. The molecule has 292 valence electrons. The van der Waals surface area contributed by atoms with Gasteiger partial charge in [0.1, 0.15) is 58.0 Å². The molecule has 0 fully saturated rings. The van der Waals surface area contributed by atoms with E-state index in [-0.39, 0.29) is 30.6 Å². The molecule has 0 unspecified atom stereocenters. The first-order valence-corrected chi connectivity index (χ1v) is 16.2. The number of hydrogen-bond acceptors (Lipinski definition) is 2. The number of hydrogen-bond donors (Lipinski definition) is 0. The third-order valence-corrected chi connectivity index (χ3v) is 7.98. The number of halogens is 14. The summed E-state index contributed by atoms with van der Waals surface area (Å²) in [5.41, 5.74) is -5.35. The summed E-state index contributed by atoms with van der Waals surface area (Å²) in [4.78, 5) is 0. The summed E-state index contributed by atoms with van der Waals surface area (Å²) in [7, 11) is 0. The van der Waals surface area contributed by atoms with E-state index >= 15 is 0 Å². The van der Waals surface area contributed by atoms with Crippen LogP contribution in [0.3, 0.4) is 0 Å². The number of alkyl halides is 6. The van der Waals surface area contributed by atoms with Gasteiger partial charge in [-0.3, -0.25) is 0 Å². The van der Waals surface area contributed by atoms with E-state index in [2.05, 4.69) is 0 Å². The first-order valence-electron chi connectivity index (χ1n) is 16.2. The molecular weight excluding hydrogens is 766 g/mol. The van der Waals surface area contributed by atoms with E-state index in [0.29, 0.717) is 56.4 Å². The van der Waals surface area contributed by atoms with Crippen molar-refractivity contribution in [2.75, 3.05) is 13.2 Å². The van der Waals surface area contributed by atoms with Gasteiger partial charge >= 0.3 is 12.4 Å². The summed E-state index contributed by atoms with van der Waals surface area (Å²) in [6, 6.07) is 4.94. The fraction of sp³-hybridized carbons (Fsp3) is 0.282. The maximum Gasteiger partial charge on any atom is 0.458 e. The van der Waals surface area contributed by atoms with Crippen molar-refractivity contribution < 1.29 is 70.9 Å². The Balaban J connectivity index is 1.28. The van der Waals surface area contributed by atoms with Crippen LogP contribution in [0.1, 0.15) is 50.2 Å². The zero-order chi connectivity index (χ0) is 40.7. The van der Waals surface area contributed by atoms with Crippen molar-refractivity contribution in [2.45, 2.75) is 51.4 Å². The van der Waals surface area contributed by atoms with E-state index in [1.165, 1.54) is 11.8 Å². The van der Waals surface area contributed by atoms with Gasteiger partial charge in [0.2, 0.25) is 0 Å². The van der Waals surface area contributed by atoms with Crippen molar-refractivity contribution >= 4 is 0 Å². The molecule has 0 radical (unpaired) electrons. The lowest BCUT2D eigenvalue weighted by molar-refractivity contribution is -0.0706. The van der Waals surface area contributed by atoms with E-state index < -0.39 is 92.3 Å². The summed E-state index contributed by atoms with van der Waals surface area (Å²) < 4.78 is 201. The predicted molar refractivity (Wildman–Crippen MR) is 173 cm³/mol. The maximum atomic E-state index is 14.8. The van der Waals surface area contributed by atoms with Crippen LogP contribution in [0.25, 0.3) is 22.3 Å². The molecule has 4 aromatic rings. The van der Waals surface area contributed by atoms with Gasteiger partial charge in [-0.15, -0.1) is 0 Å². The van der Waals surface area contributed by atoms with Crippen molar-refractivity contribution in [3.63, 3.8) is 0 Å². The first-order chi connectivity index (χ1) is 25.8. The van der Waals surface area contributed by atoms with Gasteiger partial charge in [-0.1, -0.05) is 25.2 Å². The highest BCUT2D eigenvalue weighted by Crippen LogP contribution is 2.34. The molecule has 16 heteroatoms. The van der Waals surface area contributed by atoms with Gasteiger partial charge < -0.3 is 9.47 Å². The molecule has 0 spiro atoms. The highest BCUT2D eigenvalue weighted by molar-refractivity contribution is 5.68.